The van der Waals surface area contributed by atoms with E-state index < -0.39 is 5.60 Å². The third-order valence-corrected chi connectivity index (χ3v) is 3.24. The van der Waals surface area contributed by atoms with Gasteiger partial charge in [0.2, 0.25) is 0 Å². The predicted molar refractivity (Wildman–Crippen MR) is 71.1 cm³/mol. The molecule has 0 aromatic carbocycles. The third kappa shape index (κ3) is 4.22. The summed E-state index contributed by atoms with van der Waals surface area (Å²) in [5.41, 5.74) is -0.818. The fraction of sp³-hybridized carbons (Fsp3) is 0.600. The molecule has 0 saturated heterocycles. The molecule has 0 bridgehead atoms. The monoisotopic (exact) mass is 277 g/mol. The van der Waals surface area contributed by atoms with E-state index in [2.05, 4.69) is 15.3 Å². The van der Waals surface area contributed by atoms with Crippen LogP contribution >= 0.6 is 23.4 Å². The van der Waals surface area contributed by atoms with Gasteiger partial charge in [-0.3, -0.25) is 0 Å². The van der Waals surface area contributed by atoms with E-state index in [0.29, 0.717) is 23.9 Å². The van der Waals surface area contributed by atoms with Crippen LogP contribution in [0.5, 0.6) is 5.75 Å². The van der Waals surface area contributed by atoms with E-state index in [0.717, 1.165) is 0 Å². The van der Waals surface area contributed by atoms with Crippen LogP contribution in [-0.2, 0) is 0 Å². The van der Waals surface area contributed by atoms with Crippen LogP contribution in [-0.4, -0.2) is 46.3 Å². The summed E-state index contributed by atoms with van der Waals surface area (Å²) in [4.78, 5) is 7.84. The molecule has 1 unspecified atom stereocenters. The minimum atomic E-state index is -0.818. The van der Waals surface area contributed by atoms with Crippen molar-refractivity contribution < 1.29 is 9.84 Å². The fourth-order valence-corrected chi connectivity index (χ4v) is 2.23. The number of aliphatic hydroxyl groups is 1. The molecule has 0 fully saturated rings. The highest BCUT2D eigenvalue weighted by molar-refractivity contribution is 7.98. The van der Waals surface area contributed by atoms with Crippen molar-refractivity contribution in [1.82, 2.24) is 9.97 Å². The average molecular weight is 278 g/mol. The number of anilines is 1. The zero-order chi connectivity index (χ0) is 12.9. The van der Waals surface area contributed by atoms with Crippen molar-refractivity contribution in [2.75, 3.05) is 31.0 Å². The number of rotatable bonds is 6. The number of nitrogens with zero attached hydrogens (tertiary/aromatic N) is 2. The molecule has 7 heteroatoms. The van der Waals surface area contributed by atoms with Gasteiger partial charge < -0.3 is 15.2 Å². The molecule has 1 aromatic heterocycles. The maximum absolute atomic E-state index is 10.0. The van der Waals surface area contributed by atoms with E-state index in [1.165, 1.54) is 13.4 Å². The highest BCUT2D eigenvalue weighted by Gasteiger charge is 2.20. The van der Waals surface area contributed by atoms with Gasteiger partial charge in [-0.05, 0) is 13.2 Å². The Hall–Kier alpha value is -0.720. The van der Waals surface area contributed by atoms with Gasteiger partial charge in [-0.25, -0.2) is 9.97 Å². The highest BCUT2D eigenvalue weighted by Crippen LogP contribution is 2.28. The van der Waals surface area contributed by atoms with Crippen LogP contribution in [0.2, 0.25) is 5.15 Å². The van der Waals surface area contributed by atoms with Crippen molar-refractivity contribution in [3.05, 3.63) is 11.5 Å². The second kappa shape index (κ2) is 6.28. The molecule has 0 radical (unpaired) electrons. The van der Waals surface area contributed by atoms with Crippen LogP contribution < -0.4 is 10.1 Å². The van der Waals surface area contributed by atoms with Crippen LogP contribution in [0.25, 0.3) is 0 Å². The van der Waals surface area contributed by atoms with Gasteiger partial charge in [0.1, 0.15) is 6.33 Å². The summed E-state index contributed by atoms with van der Waals surface area (Å²) in [6.07, 6.45) is 3.28. The average Bonchev–Trinajstić information content (AvgIpc) is 2.26. The maximum atomic E-state index is 10.0. The standard InChI is InChI=1S/C10H16ClN3O2S/c1-10(15,5-17-3)4-12-9-7(16-2)8(11)13-6-14-9/h6,15H,4-5H2,1-3H3,(H,12,13,14). The van der Waals surface area contributed by atoms with Gasteiger partial charge >= 0.3 is 0 Å². The lowest BCUT2D eigenvalue weighted by atomic mass is 10.1. The SMILES string of the molecule is COc1c(Cl)ncnc1NCC(C)(O)CSC. The predicted octanol–water partition coefficient (Wildman–Crippen LogP) is 1.66. The van der Waals surface area contributed by atoms with Gasteiger partial charge in [0.05, 0.1) is 12.7 Å². The van der Waals surface area contributed by atoms with Gasteiger partial charge in [-0.2, -0.15) is 11.8 Å². The second-order valence-corrected chi connectivity index (χ2v) is 5.05. The van der Waals surface area contributed by atoms with Crippen LogP contribution in [0.4, 0.5) is 5.82 Å². The summed E-state index contributed by atoms with van der Waals surface area (Å²) >= 11 is 7.43. The first-order valence-corrected chi connectivity index (χ1v) is 6.77. The zero-order valence-corrected chi connectivity index (χ0v) is 11.6. The Morgan fingerprint density at radius 3 is 2.88 bits per heavy atom. The molecule has 0 amide bonds. The number of thioether (sulfide) groups is 1. The summed E-state index contributed by atoms with van der Waals surface area (Å²) in [6, 6.07) is 0. The van der Waals surface area contributed by atoms with E-state index in [1.807, 2.05) is 6.26 Å². The minimum absolute atomic E-state index is 0.245. The summed E-state index contributed by atoms with van der Waals surface area (Å²) < 4.78 is 5.10. The number of ether oxygens (including phenoxy) is 1. The lowest BCUT2D eigenvalue weighted by Gasteiger charge is -2.23. The van der Waals surface area contributed by atoms with Gasteiger partial charge in [0, 0.05) is 12.3 Å². The van der Waals surface area contributed by atoms with Crippen LogP contribution in [0.15, 0.2) is 6.33 Å². The first-order chi connectivity index (χ1) is 8.00. The lowest BCUT2D eigenvalue weighted by Crippen LogP contribution is -2.36. The Labute approximate surface area is 110 Å². The number of methoxy groups -OCH3 is 1. The van der Waals surface area contributed by atoms with Crippen LogP contribution in [0.1, 0.15) is 6.92 Å². The van der Waals surface area contributed by atoms with E-state index in [1.54, 1.807) is 18.7 Å². The molecule has 1 aromatic rings. The normalized spacial score (nSPS) is 14.2. The summed E-state index contributed by atoms with van der Waals surface area (Å²) in [5, 5.41) is 13.3. The van der Waals surface area contributed by atoms with Gasteiger partial charge in [-0.1, -0.05) is 11.6 Å². The quantitative estimate of drug-likeness (QED) is 0.771. The Morgan fingerprint density at radius 1 is 1.59 bits per heavy atom. The summed E-state index contributed by atoms with van der Waals surface area (Å²) in [7, 11) is 1.50. The van der Waals surface area contributed by atoms with Gasteiger partial charge in [-0.15, -0.1) is 0 Å². The van der Waals surface area contributed by atoms with Crippen molar-refractivity contribution in [2.24, 2.45) is 0 Å². The number of hydrogen-bond donors (Lipinski definition) is 2. The van der Waals surface area contributed by atoms with E-state index >= 15 is 0 Å². The van der Waals surface area contributed by atoms with E-state index in [4.69, 9.17) is 16.3 Å². The Kier molecular flexibility index (Phi) is 5.30. The van der Waals surface area contributed by atoms with Crippen molar-refractivity contribution in [3.63, 3.8) is 0 Å². The molecule has 1 rings (SSSR count). The first-order valence-electron chi connectivity index (χ1n) is 5.00. The molecule has 0 spiro atoms. The molecular formula is C10H16ClN3O2S. The van der Waals surface area contributed by atoms with Gasteiger partial charge in [0.25, 0.3) is 0 Å². The smallest absolute Gasteiger partial charge is 0.198 e. The molecule has 1 heterocycles. The maximum Gasteiger partial charge on any atom is 0.198 e. The molecule has 96 valence electrons. The molecule has 0 aliphatic rings. The molecule has 2 N–H and O–H groups in total. The number of nitrogens with one attached hydrogen (secondary N) is 1. The van der Waals surface area contributed by atoms with Crippen LogP contribution in [0.3, 0.4) is 0 Å². The molecule has 17 heavy (non-hydrogen) atoms. The lowest BCUT2D eigenvalue weighted by molar-refractivity contribution is 0.0995. The van der Waals surface area contributed by atoms with Crippen molar-refractivity contribution >= 4 is 29.2 Å². The summed E-state index contributed by atoms with van der Waals surface area (Å²) in [6.45, 7) is 2.11. The number of hydrogen-bond acceptors (Lipinski definition) is 6. The first kappa shape index (κ1) is 14.3. The highest BCUT2D eigenvalue weighted by atomic mass is 35.5. The van der Waals surface area contributed by atoms with Crippen LogP contribution in [0, 0.1) is 0 Å². The minimum Gasteiger partial charge on any atom is -0.490 e. The number of aromatic nitrogens is 2. The van der Waals surface area contributed by atoms with Crippen molar-refractivity contribution in [3.8, 4) is 5.75 Å². The number of halogens is 1. The van der Waals surface area contributed by atoms with E-state index in [9.17, 15) is 5.11 Å². The molecule has 0 aliphatic carbocycles. The third-order valence-electron chi connectivity index (χ3n) is 2.06. The molecular weight excluding hydrogens is 262 g/mol. The Bertz CT molecular complexity index is 377. The largest absolute Gasteiger partial charge is 0.490 e. The Morgan fingerprint density at radius 2 is 2.29 bits per heavy atom. The molecule has 0 aliphatic heterocycles. The molecule has 0 saturated carbocycles. The van der Waals surface area contributed by atoms with Crippen molar-refractivity contribution in [2.45, 2.75) is 12.5 Å². The van der Waals surface area contributed by atoms with E-state index in [-0.39, 0.29) is 5.15 Å². The zero-order valence-electron chi connectivity index (χ0n) is 10.0. The fourth-order valence-electron chi connectivity index (χ4n) is 1.30. The summed E-state index contributed by atoms with van der Waals surface area (Å²) in [5.74, 6) is 1.49. The van der Waals surface area contributed by atoms with Gasteiger partial charge in [0.15, 0.2) is 16.7 Å². The second-order valence-electron chi connectivity index (χ2n) is 3.83. The topological polar surface area (TPSA) is 67.3 Å². The Balaban J connectivity index is 2.72. The molecule has 1 atom stereocenters. The molecule has 5 nitrogen and oxygen atoms in total. The van der Waals surface area contributed by atoms with Crippen molar-refractivity contribution in [1.29, 1.82) is 0 Å².